The largest absolute Gasteiger partial charge is 0.481 e. The zero-order chi connectivity index (χ0) is 11.4. The van der Waals surface area contributed by atoms with Crippen LogP contribution in [0.25, 0.3) is 0 Å². The molecule has 3 heteroatoms. The summed E-state index contributed by atoms with van der Waals surface area (Å²) in [4.78, 5) is 13.0. The number of hydrogen-bond acceptors (Lipinski definition) is 2. The fraction of sp³-hybridized carbons (Fsp3) is 0.917. The number of carboxylic acid groups (broad SMARTS) is 1. The second-order valence-electron chi connectivity index (χ2n) is 5.10. The second kappa shape index (κ2) is 5.50. The van der Waals surface area contributed by atoms with Crippen LogP contribution in [0, 0.1) is 11.8 Å². The van der Waals surface area contributed by atoms with Gasteiger partial charge in [-0.25, -0.2) is 0 Å². The summed E-state index contributed by atoms with van der Waals surface area (Å²) in [5.74, 6) is -0.149. The molecule has 0 radical (unpaired) electrons. The van der Waals surface area contributed by atoms with Crippen LogP contribution in [0.1, 0.15) is 39.5 Å². The van der Waals surface area contributed by atoms with Gasteiger partial charge >= 0.3 is 5.97 Å². The van der Waals surface area contributed by atoms with Gasteiger partial charge in [0.2, 0.25) is 0 Å². The Morgan fingerprint density at radius 3 is 2.73 bits per heavy atom. The summed E-state index contributed by atoms with van der Waals surface area (Å²) in [6.45, 7) is 4.75. The Morgan fingerprint density at radius 1 is 1.53 bits per heavy atom. The molecule has 3 unspecified atom stereocenters. The first-order valence-electron chi connectivity index (χ1n) is 5.93. The van der Waals surface area contributed by atoms with E-state index in [4.69, 9.17) is 5.11 Å². The average Bonchev–Trinajstić information content (AvgIpc) is 2.17. The minimum atomic E-state index is -0.689. The van der Waals surface area contributed by atoms with Gasteiger partial charge in [0.1, 0.15) is 0 Å². The predicted octanol–water partition coefficient (Wildman–Crippen LogP) is 2.22. The van der Waals surface area contributed by atoms with E-state index in [9.17, 15) is 4.79 Å². The van der Waals surface area contributed by atoms with Gasteiger partial charge in [-0.05, 0) is 25.8 Å². The van der Waals surface area contributed by atoms with Crippen molar-refractivity contribution in [3.8, 4) is 0 Å². The molecule has 1 rings (SSSR count). The summed E-state index contributed by atoms with van der Waals surface area (Å²) in [5, 5.41) is 8.85. The van der Waals surface area contributed by atoms with E-state index in [0.717, 1.165) is 5.92 Å². The quantitative estimate of drug-likeness (QED) is 0.778. The van der Waals surface area contributed by atoms with Crippen LogP contribution < -0.4 is 0 Å². The van der Waals surface area contributed by atoms with Crippen molar-refractivity contribution in [2.45, 2.75) is 45.6 Å². The van der Waals surface area contributed by atoms with Crippen LogP contribution in [0.15, 0.2) is 0 Å². The summed E-state index contributed by atoms with van der Waals surface area (Å²) < 4.78 is 0. The van der Waals surface area contributed by atoms with Crippen LogP contribution in [-0.4, -0.2) is 35.6 Å². The Morgan fingerprint density at radius 2 is 2.20 bits per heavy atom. The van der Waals surface area contributed by atoms with Crippen molar-refractivity contribution in [3.05, 3.63) is 0 Å². The predicted molar refractivity (Wildman–Crippen MR) is 60.8 cm³/mol. The van der Waals surface area contributed by atoms with Gasteiger partial charge in [0.25, 0.3) is 0 Å². The zero-order valence-corrected chi connectivity index (χ0v) is 10.1. The van der Waals surface area contributed by atoms with Crippen molar-refractivity contribution in [2.24, 2.45) is 11.8 Å². The zero-order valence-electron chi connectivity index (χ0n) is 10.1. The molecule has 1 fully saturated rings. The van der Waals surface area contributed by atoms with Crippen LogP contribution in [0.2, 0.25) is 0 Å². The van der Waals surface area contributed by atoms with E-state index in [-0.39, 0.29) is 5.92 Å². The van der Waals surface area contributed by atoms with Crippen LogP contribution in [-0.2, 0) is 4.79 Å². The molecule has 0 aromatic carbocycles. The number of carbonyl (C=O) groups is 1. The molecule has 3 atom stereocenters. The Kier molecular flexibility index (Phi) is 4.58. The molecule has 0 heterocycles. The molecular weight excluding hydrogens is 190 g/mol. The van der Waals surface area contributed by atoms with Crippen molar-refractivity contribution in [3.63, 3.8) is 0 Å². The normalized spacial score (nSPS) is 29.1. The molecule has 0 saturated heterocycles. The Labute approximate surface area is 92.5 Å². The standard InChI is InChI=1S/C12H23NO2/c1-9-5-4-6-11(7-9)13(3)8-10(2)12(14)15/h9-11H,4-8H2,1-3H3,(H,14,15). The highest BCUT2D eigenvalue weighted by atomic mass is 16.4. The highest BCUT2D eigenvalue weighted by Gasteiger charge is 2.24. The maximum absolute atomic E-state index is 10.8. The maximum Gasteiger partial charge on any atom is 0.307 e. The highest BCUT2D eigenvalue weighted by Crippen LogP contribution is 2.26. The molecule has 0 bridgehead atoms. The Hall–Kier alpha value is -0.570. The molecule has 3 nitrogen and oxygen atoms in total. The van der Waals surface area contributed by atoms with Crippen molar-refractivity contribution in [1.29, 1.82) is 0 Å². The SMILES string of the molecule is CC1CCCC(N(C)CC(C)C(=O)O)C1. The first-order valence-corrected chi connectivity index (χ1v) is 5.93. The number of carboxylic acids is 1. The van der Waals surface area contributed by atoms with E-state index in [1.165, 1.54) is 25.7 Å². The van der Waals surface area contributed by atoms with E-state index < -0.39 is 5.97 Å². The molecule has 88 valence electrons. The van der Waals surface area contributed by atoms with Crippen molar-refractivity contribution >= 4 is 5.97 Å². The average molecular weight is 213 g/mol. The monoisotopic (exact) mass is 213 g/mol. The molecule has 0 aliphatic heterocycles. The molecule has 0 spiro atoms. The maximum atomic E-state index is 10.8. The van der Waals surface area contributed by atoms with Gasteiger partial charge in [0.15, 0.2) is 0 Å². The van der Waals surface area contributed by atoms with Crippen LogP contribution in [0.4, 0.5) is 0 Å². The second-order valence-corrected chi connectivity index (χ2v) is 5.10. The minimum absolute atomic E-state index is 0.257. The molecule has 1 aliphatic carbocycles. The first-order chi connectivity index (χ1) is 7.00. The smallest absolute Gasteiger partial charge is 0.307 e. The lowest BCUT2D eigenvalue weighted by atomic mass is 9.86. The van der Waals surface area contributed by atoms with Crippen molar-refractivity contribution in [2.75, 3.05) is 13.6 Å². The van der Waals surface area contributed by atoms with Crippen LogP contribution in [0.5, 0.6) is 0 Å². The summed E-state index contributed by atoms with van der Waals surface area (Å²) in [6.07, 6.45) is 5.08. The van der Waals surface area contributed by atoms with E-state index in [0.29, 0.717) is 12.6 Å². The number of rotatable bonds is 4. The fourth-order valence-electron chi connectivity index (χ4n) is 2.46. The van der Waals surface area contributed by atoms with Gasteiger partial charge in [-0.3, -0.25) is 4.79 Å². The third kappa shape index (κ3) is 3.82. The fourth-order valence-corrected chi connectivity index (χ4v) is 2.46. The number of aliphatic carboxylic acids is 1. The van der Waals surface area contributed by atoms with Crippen molar-refractivity contribution in [1.82, 2.24) is 4.90 Å². The summed E-state index contributed by atoms with van der Waals surface area (Å²) >= 11 is 0. The minimum Gasteiger partial charge on any atom is -0.481 e. The molecule has 0 aromatic heterocycles. The van der Waals surface area contributed by atoms with Gasteiger partial charge in [0.05, 0.1) is 5.92 Å². The van der Waals surface area contributed by atoms with Gasteiger partial charge < -0.3 is 10.0 Å². The molecule has 1 N–H and O–H groups in total. The van der Waals surface area contributed by atoms with Gasteiger partial charge in [0, 0.05) is 12.6 Å². The van der Waals surface area contributed by atoms with E-state index >= 15 is 0 Å². The lowest BCUT2D eigenvalue weighted by Gasteiger charge is -2.34. The Bertz CT molecular complexity index is 218. The number of nitrogens with zero attached hydrogens (tertiary/aromatic N) is 1. The van der Waals surface area contributed by atoms with Gasteiger partial charge in [-0.1, -0.05) is 26.7 Å². The third-order valence-electron chi connectivity index (χ3n) is 3.52. The molecule has 1 saturated carbocycles. The summed E-state index contributed by atoms with van der Waals surface area (Å²) in [5.41, 5.74) is 0. The molecule has 0 amide bonds. The lowest BCUT2D eigenvalue weighted by molar-refractivity contribution is -0.141. The van der Waals surface area contributed by atoms with E-state index in [2.05, 4.69) is 18.9 Å². The first kappa shape index (κ1) is 12.5. The highest BCUT2D eigenvalue weighted by molar-refractivity contribution is 5.69. The number of hydrogen-bond donors (Lipinski definition) is 1. The molecule has 1 aliphatic rings. The molecule has 0 aromatic rings. The van der Waals surface area contributed by atoms with Crippen LogP contribution in [0.3, 0.4) is 0 Å². The third-order valence-corrected chi connectivity index (χ3v) is 3.52. The molecule has 15 heavy (non-hydrogen) atoms. The lowest BCUT2D eigenvalue weighted by Crippen LogP contribution is -2.39. The van der Waals surface area contributed by atoms with Gasteiger partial charge in [-0.15, -0.1) is 0 Å². The summed E-state index contributed by atoms with van der Waals surface area (Å²) in [6, 6.07) is 0.593. The van der Waals surface area contributed by atoms with Gasteiger partial charge in [-0.2, -0.15) is 0 Å². The topological polar surface area (TPSA) is 40.5 Å². The molecular formula is C12H23NO2. The van der Waals surface area contributed by atoms with Crippen LogP contribution >= 0.6 is 0 Å². The van der Waals surface area contributed by atoms with E-state index in [1.807, 2.05) is 0 Å². The van der Waals surface area contributed by atoms with E-state index in [1.54, 1.807) is 6.92 Å². The van der Waals surface area contributed by atoms with Crippen molar-refractivity contribution < 1.29 is 9.90 Å². The Balaban J connectivity index is 2.38. The summed E-state index contributed by atoms with van der Waals surface area (Å²) in [7, 11) is 2.06.